The zero-order valence-electron chi connectivity index (χ0n) is 16.0. The Morgan fingerprint density at radius 3 is 2.79 bits per heavy atom. The fraction of sp³-hybridized carbons (Fsp3) is 0.304. The summed E-state index contributed by atoms with van der Waals surface area (Å²) < 4.78 is 0. The molecule has 0 radical (unpaired) electrons. The Hall–Kier alpha value is -3.08. The molecule has 2 aromatic carbocycles. The largest absolute Gasteiger partial charge is 0.356 e. The molecule has 0 unspecified atom stereocenters. The third-order valence-corrected chi connectivity index (χ3v) is 6.16. The van der Waals surface area contributed by atoms with Gasteiger partial charge in [-0.15, -0.1) is 0 Å². The van der Waals surface area contributed by atoms with E-state index >= 15 is 0 Å². The number of carbonyl (C=O) groups excluding carboxylic acids is 2. The van der Waals surface area contributed by atoms with E-state index in [1.807, 2.05) is 50.2 Å². The van der Waals surface area contributed by atoms with Crippen LogP contribution < -0.4 is 5.32 Å². The summed E-state index contributed by atoms with van der Waals surface area (Å²) in [5.41, 5.74) is 4.90. The van der Waals surface area contributed by atoms with E-state index in [0.717, 1.165) is 34.1 Å². The van der Waals surface area contributed by atoms with E-state index in [1.54, 1.807) is 4.90 Å². The fourth-order valence-electron chi connectivity index (χ4n) is 4.58. The number of hydrogen-bond acceptors (Lipinski definition) is 2. The third kappa shape index (κ3) is 2.32. The zero-order valence-corrected chi connectivity index (χ0v) is 16.0. The van der Waals surface area contributed by atoms with Gasteiger partial charge in [-0.2, -0.15) is 0 Å². The van der Waals surface area contributed by atoms with E-state index in [1.165, 1.54) is 0 Å². The van der Waals surface area contributed by atoms with Crippen molar-refractivity contribution in [1.29, 1.82) is 0 Å². The van der Waals surface area contributed by atoms with Crippen LogP contribution in [0.15, 0.2) is 48.5 Å². The summed E-state index contributed by atoms with van der Waals surface area (Å²) in [5.74, 6) is -0.134. The number of aromatic amines is 1. The summed E-state index contributed by atoms with van der Waals surface area (Å²) in [6, 6.07) is 15.2. The minimum absolute atomic E-state index is 0.0609. The van der Waals surface area contributed by atoms with E-state index in [4.69, 9.17) is 0 Å². The summed E-state index contributed by atoms with van der Waals surface area (Å²) in [6.07, 6.45) is 1.38. The maximum absolute atomic E-state index is 13.3. The van der Waals surface area contributed by atoms with Crippen molar-refractivity contribution in [2.75, 3.05) is 0 Å². The van der Waals surface area contributed by atoms with Crippen molar-refractivity contribution in [3.63, 3.8) is 0 Å². The summed E-state index contributed by atoms with van der Waals surface area (Å²) in [7, 11) is 0. The highest BCUT2D eigenvalue weighted by Crippen LogP contribution is 2.46. The molecule has 3 aromatic rings. The number of hydrogen-bond donors (Lipinski definition) is 2. The van der Waals surface area contributed by atoms with Crippen molar-refractivity contribution in [2.24, 2.45) is 0 Å². The van der Waals surface area contributed by atoms with Crippen LogP contribution in [-0.2, 0) is 11.2 Å². The second-order valence-corrected chi connectivity index (χ2v) is 7.80. The molecule has 5 heteroatoms. The first-order chi connectivity index (χ1) is 13.6. The number of H-pyrrole nitrogens is 1. The molecule has 5 nitrogen and oxygen atoms in total. The maximum atomic E-state index is 13.3. The zero-order chi connectivity index (χ0) is 19.4. The molecule has 142 valence electrons. The summed E-state index contributed by atoms with van der Waals surface area (Å²) in [6.45, 7) is 4.04. The molecular formula is C23H23N3O2. The fourth-order valence-corrected chi connectivity index (χ4v) is 4.58. The van der Waals surface area contributed by atoms with Crippen LogP contribution in [0, 0.1) is 0 Å². The highest BCUT2D eigenvalue weighted by Gasteiger charge is 2.48. The number of para-hydroxylation sites is 1. The molecular weight excluding hydrogens is 350 g/mol. The molecule has 0 bridgehead atoms. The molecule has 0 spiro atoms. The second kappa shape index (κ2) is 6.23. The van der Waals surface area contributed by atoms with Crippen LogP contribution in [0.4, 0.5) is 0 Å². The Labute approximate surface area is 163 Å². The van der Waals surface area contributed by atoms with E-state index in [2.05, 4.69) is 22.4 Å². The van der Waals surface area contributed by atoms with E-state index in [-0.39, 0.29) is 23.9 Å². The standard InChI is InChI=1S/C23H23N3O2/c1-3-13(2)24-22(27)19-12-17-14-8-6-7-11-18(14)25-20(17)21-15-9-4-5-10-16(15)23(28)26(19)21/h4-11,13,19,21,25H,3,12H2,1-2H3,(H,24,27)/t13-,19+,21-/m1/s1. The lowest BCUT2D eigenvalue weighted by Crippen LogP contribution is -2.53. The van der Waals surface area contributed by atoms with Gasteiger partial charge in [-0.25, -0.2) is 0 Å². The van der Waals surface area contributed by atoms with Crippen molar-refractivity contribution in [3.8, 4) is 0 Å². The topological polar surface area (TPSA) is 65.2 Å². The molecule has 0 aliphatic carbocycles. The first-order valence-electron chi connectivity index (χ1n) is 9.91. The minimum atomic E-state index is -0.509. The molecule has 28 heavy (non-hydrogen) atoms. The highest BCUT2D eigenvalue weighted by molar-refractivity contribution is 6.03. The molecule has 0 saturated carbocycles. The van der Waals surface area contributed by atoms with Crippen LogP contribution in [0.25, 0.3) is 10.9 Å². The molecule has 0 fully saturated rings. The van der Waals surface area contributed by atoms with Crippen molar-refractivity contribution in [2.45, 2.75) is 44.8 Å². The van der Waals surface area contributed by atoms with Crippen molar-refractivity contribution in [3.05, 3.63) is 70.9 Å². The van der Waals surface area contributed by atoms with Gasteiger partial charge in [-0.3, -0.25) is 9.59 Å². The first-order valence-corrected chi connectivity index (χ1v) is 9.91. The lowest BCUT2D eigenvalue weighted by molar-refractivity contribution is -0.127. The lowest BCUT2D eigenvalue weighted by atomic mass is 9.90. The summed E-state index contributed by atoms with van der Waals surface area (Å²) in [5, 5.41) is 4.22. The average Bonchev–Trinajstić information content (AvgIpc) is 3.23. The van der Waals surface area contributed by atoms with Gasteiger partial charge in [0.15, 0.2) is 0 Å². The molecule has 2 aliphatic heterocycles. The van der Waals surface area contributed by atoms with Crippen LogP contribution in [0.3, 0.4) is 0 Å². The van der Waals surface area contributed by atoms with Crippen LogP contribution in [0.1, 0.15) is 53.5 Å². The van der Waals surface area contributed by atoms with Crippen molar-refractivity contribution < 1.29 is 9.59 Å². The lowest BCUT2D eigenvalue weighted by Gasteiger charge is -2.37. The number of amides is 2. The number of benzene rings is 2. The molecule has 2 aliphatic rings. The van der Waals surface area contributed by atoms with Crippen molar-refractivity contribution >= 4 is 22.7 Å². The quantitative estimate of drug-likeness (QED) is 0.737. The summed E-state index contributed by atoms with van der Waals surface area (Å²) in [4.78, 5) is 31.7. The number of aromatic nitrogens is 1. The SMILES string of the molecule is CC[C@@H](C)NC(=O)[C@@H]1Cc2c([nH]c3ccccc23)[C@H]2c3ccccc3C(=O)N21. The number of nitrogens with zero attached hydrogens (tertiary/aromatic N) is 1. The molecule has 3 heterocycles. The van der Waals surface area contributed by atoms with Crippen LogP contribution in [-0.4, -0.2) is 33.8 Å². The Bertz CT molecular complexity index is 1100. The monoisotopic (exact) mass is 373 g/mol. The average molecular weight is 373 g/mol. The number of nitrogens with one attached hydrogen (secondary N) is 2. The van der Waals surface area contributed by atoms with Crippen LogP contribution in [0.5, 0.6) is 0 Å². The van der Waals surface area contributed by atoms with Gasteiger partial charge >= 0.3 is 0 Å². The molecule has 3 atom stereocenters. The normalized spacial score (nSPS) is 21.2. The molecule has 2 amide bonds. The number of fused-ring (bicyclic) bond motifs is 7. The molecule has 1 aromatic heterocycles. The van der Waals surface area contributed by atoms with E-state index < -0.39 is 6.04 Å². The van der Waals surface area contributed by atoms with Crippen LogP contribution >= 0.6 is 0 Å². The number of carbonyl (C=O) groups is 2. The Balaban J connectivity index is 1.69. The van der Waals surface area contributed by atoms with Gasteiger partial charge in [0.05, 0.1) is 6.04 Å². The second-order valence-electron chi connectivity index (χ2n) is 7.80. The molecule has 2 N–H and O–H groups in total. The van der Waals surface area contributed by atoms with E-state index in [9.17, 15) is 9.59 Å². The Kier molecular flexibility index (Phi) is 3.79. The predicted octanol–water partition coefficient (Wildman–Crippen LogP) is 3.55. The minimum Gasteiger partial charge on any atom is -0.356 e. The smallest absolute Gasteiger partial charge is 0.255 e. The van der Waals surface area contributed by atoms with Gasteiger partial charge in [0, 0.05) is 34.6 Å². The Morgan fingerprint density at radius 1 is 1.21 bits per heavy atom. The molecule has 5 rings (SSSR count). The van der Waals surface area contributed by atoms with Gasteiger partial charge in [0.25, 0.3) is 5.91 Å². The van der Waals surface area contributed by atoms with Gasteiger partial charge in [0.1, 0.15) is 6.04 Å². The van der Waals surface area contributed by atoms with Gasteiger partial charge in [-0.1, -0.05) is 43.3 Å². The predicted molar refractivity (Wildman–Crippen MR) is 108 cm³/mol. The van der Waals surface area contributed by atoms with Crippen molar-refractivity contribution in [1.82, 2.24) is 15.2 Å². The van der Waals surface area contributed by atoms with Gasteiger partial charge < -0.3 is 15.2 Å². The van der Waals surface area contributed by atoms with E-state index in [0.29, 0.717) is 12.0 Å². The highest BCUT2D eigenvalue weighted by atomic mass is 16.2. The molecule has 0 saturated heterocycles. The maximum Gasteiger partial charge on any atom is 0.255 e. The third-order valence-electron chi connectivity index (χ3n) is 6.16. The Morgan fingerprint density at radius 2 is 1.96 bits per heavy atom. The number of rotatable bonds is 3. The van der Waals surface area contributed by atoms with Crippen LogP contribution in [0.2, 0.25) is 0 Å². The van der Waals surface area contributed by atoms with Gasteiger partial charge in [0.2, 0.25) is 5.91 Å². The summed E-state index contributed by atoms with van der Waals surface area (Å²) >= 11 is 0. The van der Waals surface area contributed by atoms with Gasteiger partial charge in [-0.05, 0) is 36.6 Å². The first kappa shape index (κ1) is 17.0.